The molecule has 1 aromatic carbocycles. The summed E-state index contributed by atoms with van der Waals surface area (Å²) in [4.78, 5) is 12.9. The highest BCUT2D eigenvalue weighted by Crippen LogP contribution is 2.34. The van der Waals surface area contributed by atoms with E-state index < -0.39 is 0 Å². The Labute approximate surface area is 191 Å². The van der Waals surface area contributed by atoms with E-state index in [1.165, 1.54) is 0 Å². The Balaban J connectivity index is 1.52. The van der Waals surface area contributed by atoms with E-state index >= 15 is 0 Å². The van der Waals surface area contributed by atoms with Crippen molar-refractivity contribution < 1.29 is 0 Å². The topological polar surface area (TPSA) is 71.4 Å². The third-order valence-corrected chi connectivity index (χ3v) is 6.06. The first-order valence-corrected chi connectivity index (χ1v) is 10.9. The molecule has 0 saturated heterocycles. The van der Waals surface area contributed by atoms with Crippen molar-refractivity contribution in [3.05, 3.63) is 96.7 Å². The second-order valence-electron chi connectivity index (χ2n) is 8.16. The molecule has 0 saturated carbocycles. The zero-order chi connectivity index (χ0) is 22.4. The molecule has 4 aromatic heterocycles. The Hall–Kier alpha value is -4.45. The van der Waals surface area contributed by atoms with Gasteiger partial charge in [-0.2, -0.15) is 5.10 Å². The predicted molar refractivity (Wildman–Crippen MR) is 133 cm³/mol. The second kappa shape index (κ2) is 7.60. The number of aromatic amines is 1. The van der Waals surface area contributed by atoms with E-state index in [2.05, 4.69) is 70.7 Å². The fourth-order valence-corrected chi connectivity index (χ4v) is 4.39. The summed E-state index contributed by atoms with van der Waals surface area (Å²) >= 11 is 0. The number of nitrogens with one attached hydrogen (secondary N) is 2. The number of pyridine rings is 2. The number of aromatic nitrogens is 5. The lowest BCUT2D eigenvalue weighted by Crippen LogP contribution is -1.97. The van der Waals surface area contributed by atoms with E-state index in [9.17, 15) is 0 Å². The molecule has 2 N–H and O–H groups in total. The van der Waals surface area contributed by atoms with Gasteiger partial charge in [-0.3, -0.25) is 9.67 Å². The molecule has 6 heteroatoms. The average Bonchev–Trinajstić information content (AvgIpc) is 3.34. The Morgan fingerprint density at radius 3 is 2.85 bits per heavy atom. The van der Waals surface area contributed by atoms with Crippen LogP contribution in [0.5, 0.6) is 0 Å². The molecule has 0 unspecified atom stereocenters. The first-order valence-electron chi connectivity index (χ1n) is 10.9. The highest BCUT2D eigenvalue weighted by atomic mass is 15.3. The number of hydrogen-bond acceptors (Lipinski definition) is 4. The number of hydrogen-bond donors (Lipinski definition) is 2. The lowest BCUT2D eigenvalue weighted by Gasteiger charge is -2.07. The monoisotopic (exact) mass is 430 g/mol. The first kappa shape index (κ1) is 19.3. The van der Waals surface area contributed by atoms with Crippen molar-refractivity contribution in [3.8, 4) is 22.5 Å². The van der Waals surface area contributed by atoms with Crippen LogP contribution in [0.2, 0.25) is 0 Å². The molecule has 6 rings (SSSR count). The maximum Gasteiger partial charge on any atom is 0.135 e. The summed E-state index contributed by atoms with van der Waals surface area (Å²) in [5.41, 5.74) is 10.0. The molecule has 0 atom stereocenters. The van der Waals surface area contributed by atoms with Gasteiger partial charge in [-0.05, 0) is 54.5 Å². The van der Waals surface area contributed by atoms with Crippen molar-refractivity contribution in [1.29, 1.82) is 0 Å². The summed E-state index contributed by atoms with van der Waals surface area (Å²) in [5, 5.41) is 9.16. The Kier molecular flexibility index (Phi) is 4.43. The second-order valence-corrected chi connectivity index (χ2v) is 8.16. The summed E-state index contributed by atoms with van der Waals surface area (Å²) in [6, 6.07) is 16.6. The Morgan fingerprint density at radius 2 is 1.97 bits per heavy atom. The van der Waals surface area contributed by atoms with Crippen LogP contribution in [0.3, 0.4) is 0 Å². The highest BCUT2D eigenvalue weighted by molar-refractivity contribution is 6.00. The van der Waals surface area contributed by atoms with Crippen LogP contribution in [-0.4, -0.2) is 24.7 Å². The first-order chi connectivity index (χ1) is 16.2. The van der Waals surface area contributed by atoms with Gasteiger partial charge in [0, 0.05) is 53.9 Å². The van der Waals surface area contributed by atoms with Gasteiger partial charge in [0.2, 0.25) is 0 Å². The zero-order valence-electron chi connectivity index (χ0n) is 18.4. The maximum absolute atomic E-state index is 5.05. The minimum atomic E-state index is 0.838. The molecule has 1 aliphatic rings. The van der Waals surface area contributed by atoms with Crippen molar-refractivity contribution in [2.45, 2.75) is 6.92 Å². The number of fused-ring (bicyclic) bond motifs is 2. The van der Waals surface area contributed by atoms with Crippen LogP contribution in [0.1, 0.15) is 12.6 Å². The normalized spacial score (nSPS) is 13.6. The van der Waals surface area contributed by atoms with Crippen LogP contribution in [0, 0.1) is 0 Å². The van der Waals surface area contributed by atoms with Gasteiger partial charge in [-0.25, -0.2) is 4.98 Å². The summed E-state index contributed by atoms with van der Waals surface area (Å²) in [6.45, 7) is 2.09. The van der Waals surface area contributed by atoms with E-state index in [1.807, 2.05) is 42.5 Å². The Morgan fingerprint density at radius 1 is 1.03 bits per heavy atom. The molecular formula is C27H22N6. The number of benzene rings is 1. The van der Waals surface area contributed by atoms with Crippen LogP contribution >= 0.6 is 0 Å². The van der Waals surface area contributed by atoms with Gasteiger partial charge in [-0.1, -0.05) is 24.3 Å². The van der Waals surface area contributed by atoms with Gasteiger partial charge in [0.05, 0.1) is 16.9 Å². The molecule has 0 radical (unpaired) electrons. The minimum absolute atomic E-state index is 0.838. The van der Waals surface area contributed by atoms with Crippen LogP contribution in [0.15, 0.2) is 91.0 Å². The maximum atomic E-state index is 5.05. The summed E-state index contributed by atoms with van der Waals surface area (Å²) < 4.78 is 1.89. The Bertz CT molecular complexity index is 1600. The molecule has 33 heavy (non-hydrogen) atoms. The SMILES string of the molecule is CC1=CC=CNC=C1c1ccc2c(n1)c(-c1cc3c(-c4cccnc4)cccc3[nH]1)nn2C. The fourth-order valence-electron chi connectivity index (χ4n) is 4.39. The third kappa shape index (κ3) is 3.24. The molecule has 5 heterocycles. The van der Waals surface area contributed by atoms with Crippen molar-refractivity contribution in [3.63, 3.8) is 0 Å². The lowest BCUT2D eigenvalue weighted by atomic mass is 10.0. The van der Waals surface area contributed by atoms with Crippen LogP contribution in [0.4, 0.5) is 0 Å². The zero-order valence-corrected chi connectivity index (χ0v) is 18.4. The number of H-pyrrole nitrogens is 1. The molecular weight excluding hydrogens is 408 g/mol. The summed E-state index contributed by atoms with van der Waals surface area (Å²) in [7, 11) is 1.96. The van der Waals surface area contributed by atoms with Gasteiger partial charge in [-0.15, -0.1) is 0 Å². The van der Waals surface area contributed by atoms with Crippen LogP contribution in [0.25, 0.3) is 50.0 Å². The molecule has 0 aliphatic carbocycles. The van der Waals surface area contributed by atoms with Gasteiger partial charge < -0.3 is 10.3 Å². The van der Waals surface area contributed by atoms with E-state index in [0.29, 0.717) is 0 Å². The molecule has 0 amide bonds. The number of aryl methyl sites for hydroxylation is 1. The molecule has 0 bridgehead atoms. The average molecular weight is 431 g/mol. The molecule has 1 aliphatic heterocycles. The van der Waals surface area contributed by atoms with E-state index in [4.69, 9.17) is 10.1 Å². The van der Waals surface area contributed by atoms with Crippen molar-refractivity contribution >= 4 is 27.5 Å². The molecule has 5 aromatic rings. The molecule has 0 fully saturated rings. The number of rotatable bonds is 3. The lowest BCUT2D eigenvalue weighted by molar-refractivity contribution is 0.799. The minimum Gasteiger partial charge on any atom is -0.367 e. The van der Waals surface area contributed by atoms with Crippen molar-refractivity contribution in [2.24, 2.45) is 7.05 Å². The summed E-state index contributed by atoms with van der Waals surface area (Å²) in [6.07, 6.45) is 11.7. The van der Waals surface area contributed by atoms with Gasteiger partial charge in [0.15, 0.2) is 0 Å². The van der Waals surface area contributed by atoms with E-state index in [1.54, 1.807) is 6.20 Å². The van der Waals surface area contributed by atoms with Crippen LogP contribution in [-0.2, 0) is 7.05 Å². The van der Waals surface area contributed by atoms with Gasteiger partial charge in [0.25, 0.3) is 0 Å². The fraction of sp³-hybridized carbons (Fsp3) is 0.0741. The molecule has 160 valence electrons. The van der Waals surface area contributed by atoms with Gasteiger partial charge in [0.1, 0.15) is 11.2 Å². The van der Waals surface area contributed by atoms with Crippen LogP contribution < -0.4 is 5.32 Å². The van der Waals surface area contributed by atoms with E-state index in [0.717, 1.165) is 61.3 Å². The van der Waals surface area contributed by atoms with E-state index in [-0.39, 0.29) is 0 Å². The van der Waals surface area contributed by atoms with Crippen molar-refractivity contribution in [1.82, 2.24) is 30.0 Å². The number of nitrogens with zero attached hydrogens (tertiary/aromatic N) is 4. The highest BCUT2D eigenvalue weighted by Gasteiger charge is 2.18. The number of allylic oxidation sites excluding steroid dienone is 4. The summed E-state index contributed by atoms with van der Waals surface area (Å²) in [5.74, 6) is 0. The quantitative estimate of drug-likeness (QED) is 0.392. The molecule has 6 nitrogen and oxygen atoms in total. The van der Waals surface area contributed by atoms with Gasteiger partial charge >= 0.3 is 0 Å². The largest absolute Gasteiger partial charge is 0.367 e. The standard InChI is InChI=1S/C27H22N6/c1-17-6-4-12-29-16-21(17)23-10-11-25-27(31-23)26(32-33(25)2)24-14-20-19(8-3-9-22(20)30-24)18-7-5-13-28-15-18/h3-16,29-30H,1-2H3. The third-order valence-electron chi connectivity index (χ3n) is 6.06. The van der Waals surface area contributed by atoms with Crippen molar-refractivity contribution in [2.75, 3.05) is 0 Å². The molecule has 0 spiro atoms. The predicted octanol–water partition coefficient (Wildman–Crippen LogP) is 5.58. The smallest absolute Gasteiger partial charge is 0.135 e.